The predicted molar refractivity (Wildman–Crippen MR) is 76.6 cm³/mol. The van der Waals surface area contributed by atoms with Gasteiger partial charge in [0.1, 0.15) is 11.5 Å². The lowest BCUT2D eigenvalue weighted by Crippen LogP contribution is -2.44. The number of hydrogen-bond donors (Lipinski definition) is 2. The van der Waals surface area contributed by atoms with Crippen molar-refractivity contribution in [3.8, 4) is 0 Å². The molecule has 0 bridgehead atoms. The fraction of sp³-hybridized carbons (Fsp3) is 0.429. The molecular weight excluding hydrogens is 274 g/mol. The van der Waals surface area contributed by atoms with Gasteiger partial charge in [-0.1, -0.05) is 6.07 Å². The average molecular weight is 291 g/mol. The van der Waals surface area contributed by atoms with E-state index in [1.54, 1.807) is 11.3 Å². The van der Waals surface area contributed by atoms with Gasteiger partial charge in [-0.3, -0.25) is 0 Å². The zero-order valence-corrected chi connectivity index (χ0v) is 11.9. The molecule has 0 aliphatic heterocycles. The summed E-state index contributed by atoms with van der Waals surface area (Å²) in [5, 5.41) is 2.01. The number of imidazole rings is 1. The van der Waals surface area contributed by atoms with Gasteiger partial charge >= 0.3 is 5.97 Å². The van der Waals surface area contributed by atoms with Crippen molar-refractivity contribution in [3.05, 3.63) is 40.1 Å². The lowest BCUT2D eigenvalue weighted by Gasteiger charge is -2.35. The maximum absolute atomic E-state index is 11.9. The van der Waals surface area contributed by atoms with Crippen LogP contribution in [0.3, 0.4) is 0 Å². The van der Waals surface area contributed by atoms with Crippen molar-refractivity contribution < 1.29 is 9.53 Å². The molecule has 3 N–H and O–H groups in total. The molecule has 106 valence electrons. The van der Waals surface area contributed by atoms with Gasteiger partial charge in [0.2, 0.25) is 0 Å². The van der Waals surface area contributed by atoms with Crippen LogP contribution in [0.15, 0.2) is 23.7 Å². The zero-order valence-electron chi connectivity index (χ0n) is 11.1. The van der Waals surface area contributed by atoms with Gasteiger partial charge in [0.25, 0.3) is 0 Å². The molecular formula is C14H17N3O2S. The molecule has 6 heteroatoms. The summed E-state index contributed by atoms with van der Waals surface area (Å²) in [6.45, 7) is 0.376. The molecule has 0 spiro atoms. The molecule has 1 saturated carbocycles. The molecule has 0 radical (unpaired) electrons. The summed E-state index contributed by atoms with van der Waals surface area (Å²) in [7, 11) is 0. The molecule has 0 saturated heterocycles. The monoisotopic (exact) mass is 291 g/mol. The number of nitrogens with one attached hydrogen (secondary N) is 1. The van der Waals surface area contributed by atoms with E-state index in [1.807, 2.05) is 17.5 Å². The van der Waals surface area contributed by atoms with Crippen LogP contribution < -0.4 is 5.73 Å². The van der Waals surface area contributed by atoms with Crippen molar-refractivity contribution in [3.63, 3.8) is 0 Å². The van der Waals surface area contributed by atoms with E-state index in [9.17, 15) is 4.79 Å². The first-order valence-electron chi connectivity index (χ1n) is 6.71. The third kappa shape index (κ3) is 2.62. The molecule has 0 amide bonds. The molecule has 1 aliphatic rings. The molecule has 2 aromatic rings. The number of carbonyl (C=O) groups excluding carboxylic acids is 1. The Morgan fingerprint density at radius 3 is 3.05 bits per heavy atom. The van der Waals surface area contributed by atoms with E-state index in [0.717, 1.165) is 25.7 Å². The molecule has 0 unspecified atom stereocenters. The highest BCUT2D eigenvalue weighted by Crippen LogP contribution is 2.36. The minimum Gasteiger partial charge on any atom is -0.461 e. The van der Waals surface area contributed by atoms with Gasteiger partial charge in [0.05, 0.1) is 18.3 Å². The highest BCUT2D eigenvalue weighted by Gasteiger charge is 2.37. The van der Waals surface area contributed by atoms with Crippen molar-refractivity contribution >= 4 is 17.3 Å². The summed E-state index contributed by atoms with van der Waals surface area (Å²) in [5.41, 5.74) is 6.16. The fourth-order valence-electron chi connectivity index (χ4n) is 2.25. The highest BCUT2D eigenvalue weighted by molar-refractivity contribution is 7.09. The summed E-state index contributed by atoms with van der Waals surface area (Å²) in [4.78, 5) is 20.3. The SMILES string of the molecule is NC1(c2ncc(C(=O)OCCc3cccs3)[nH]2)CCC1. The Balaban J connectivity index is 1.54. The molecule has 5 nitrogen and oxygen atoms in total. The number of nitrogens with zero attached hydrogens (tertiary/aromatic N) is 1. The third-order valence-corrected chi connectivity index (χ3v) is 4.61. The maximum atomic E-state index is 11.9. The first kappa shape index (κ1) is 13.3. The van der Waals surface area contributed by atoms with Crippen LogP contribution >= 0.6 is 11.3 Å². The molecule has 2 heterocycles. The number of H-pyrrole nitrogens is 1. The zero-order chi connectivity index (χ0) is 14.0. The van der Waals surface area contributed by atoms with Gasteiger partial charge in [-0.25, -0.2) is 9.78 Å². The number of esters is 1. The lowest BCUT2D eigenvalue weighted by atomic mass is 9.77. The number of aromatic amines is 1. The van der Waals surface area contributed by atoms with E-state index in [-0.39, 0.29) is 11.5 Å². The lowest BCUT2D eigenvalue weighted by molar-refractivity contribution is 0.0503. The number of thiophene rings is 1. The number of aromatic nitrogens is 2. The molecule has 1 fully saturated rings. The van der Waals surface area contributed by atoms with Crippen LogP contribution in [-0.2, 0) is 16.7 Å². The normalized spacial score (nSPS) is 16.6. The first-order chi connectivity index (χ1) is 9.67. The number of nitrogens with two attached hydrogens (primary N) is 1. The van der Waals surface area contributed by atoms with Gasteiger partial charge in [-0.2, -0.15) is 0 Å². The fourth-order valence-corrected chi connectivity index (χ4v) is 2.94. The largest absolute Gasteiger partial charge is 0.461 e. The van der Waals surface area contributed by atoms with Crippen LogP contribution in [0.25, 0.3) is 0 Å². The standard InChI is InChI=1S/C14H17N3O2S/c15-14(5-2-6-14)13-16-9-11(17-13)12(18)19-7-4-10-3-1-8-20-10/h1,3,8-9H,2,4-7,15H2,(H,16,17). The van der Waals surface area contributed by atoms with E-state index in [4.69, 9.17) is 10.5 Å². The second-order valence-electron chi connectivity index (χ2n) is 5.12. The van der Waals surface area contributed by atoms with Crippen molar-refractivity contribution in [1.29, 1.82) is 0 Å². The smallest absolute Gasteiger partial charge is 0.356 e. The molecule has 20 heavy (non-hydrogen) atoms. The Morgan fingerprint density at radius 1 is 1.55 bits per heavy atom. The van der Waals surface area contributed by atoms with Crippen LogP contribution in [0.1, 0.15) is 40.5 Å². The molecule has 1 aliphatic carbocycles. The summed E-state index contributed by atoms with van der Waals surface area (Å²) in [6.07, 6.45) is 5.18. The Bertz CT molecular complexity index is 587. The highest BCUT2D eigenvalue weighted by atomic mass is 32.1. The Kier molecular flexibility index (Phi) is 3.58. The summed E-state index contributed by atoms with van der Waals surface area (Å²) in [5.74, 6) is 0.317. The Hall–Kier alpha value is -1.66. The van der Waals surface area contributed by atoms with E-state index in [2.05, 4.69) is 9.97 Å². The average Bonchev–Trinajstić information content (AvgIpc) is 3.07. The number of hydrogen-bond acceptors (Lipinski definition) is 5. The Morgan fingerprint density at radius 2 is 2.40 bits per heavy atom. The molecule has 2 aromatic heterocycles. The topological polar surface area (TPSA) is 81.0 Å². The van der Waals surface area contributed by atoms with Crippen LogP contribution in [0, 0.1) is 0 Å². The van der Waals surface area contributed by atoms with E-state index < -0.39 is 0 Å². The van der Waals surface area contributed by atoms with Gasteiger partial charge < -0.3 is 15.5 Å². The Labute approximate surface area is 121 Å². The van der Waals surface area contributed by atoms with Gasteiger partial charge in [0.15, 0.2) is 0 Å². The van der Waals surface area contributed by atoms with E-state index in [0.29, 0.717) is 18.1 Å². The number of rotatable bonds is 5. The first-order valence-corrected chi connectivity index (χ1v) is 7.59. The van der Waals surface area contributed by atoms with Crippen LogP contribution in [-0.4, -0.2) is 22.5 Å². The maximum Gasteiger partial charge on any atom is 0.356 e. The van der Waals surface area contributed by atoms with Crippen molar-refractivity contribution in [2.45, 2.75) is 31.2 Å². The van der Waals surface area contributed by atoms with Crippen LogP contribution in [0.4, 0.5) is 0 Å². The second-order valence-corrected chi connectivity index (χ2v) is 6.15. The molecule has 0 atom stereocenters. The van der Waals surface area contributed by atoms with Gasteiger partial charge in [-0.05, 0) is 30.7 Å². The van der Waals surface area contributed by atoms with E-state index in [1.165, 1.54) is 11.1 Å². The number of ether oxygens (including phenoxy) is 1. The van der Waals surface area contributed by atoms with Crippen LogP contribution in [0.2, 0.25) is 0 Å². The summed E-state index contributed by atoms with van der Waals surface area (Å²) >= 11 is 1.66. The molecule has 0 aromatic carbocycles. The summed E-state index contributed by atoms with van der Waals surface area (Å²) in [6, 6.07) is 4.02. The molecule has 3 rings (SSSR count). The van der Waals surface area contributed by atoms with E-state index >= 15 is 0 Å². The quantitative estimate of drug-likeness (QED) is 0.828. The van der Waals surface area contributed by atoms with Crippen molar-refractivity contribution in [2.75, 3.05) is 6.61 Å². The van der Waals surface area contributed by atoms with Gasteiger partial charge in [0, 0.05) is 11.3 Å². The number of carbonyl (C=O) groups is 1. The van der Waals surface area contributed by atoms with Crippen molar-refractivity contribution in [1.82, 2.24) is 9.97 Å². The summed E-state index contributed by atoms with van der Waals surface area (Å²) < 4.78 is 5.23. The van der Waals surface area contributed by atoms with Crippen LogP contribution in [0.5, 0.6) is 0 Å². The minimum atomic E-state index is -0.379. The van der Waals surface area contributed by atoms with Crippen molar-refractivity contribution in [2.24, 2.45) is 5.73 Å². The second kappa shape index (κ2) is 5.38. The predicted octanol–water partition coefficient (Wildman–Crippen LogP) is 2.21. The van der Waals surface area contributed by atoms with Gasteiger partial charge in [-0.15, -0.1) is 11.3 Å². The minimum absolute atomic E-state index is 0.372. The third-order valence-electron chi connectivity index (χ3n) is 3.67.